The number of nitrogens with one attached hydrogen (secondary N) is 4. The zero-order valence-corrected chi connectivity index (χ0v) is 15.8. The van der Waals surface area contributed by atoms with Crippen molar-refractivity contribution in [2.24, 2.45) is 10.7 Å². The van der Waals surface area contributed by atoms with Gasteiger partial charge in [0.2, 0.25) is 0 Å². The van der Waals surface area contributed by atoms with Gasteiger partial charge in [-0.3, -0.25) is 10.8 Å². The van der Waals surface area contributed by atoms with E-state index in [1.807, 2.05) is 24.3 Å². The van der Waals surface area contributed by atoms with Crippen molar-refractivity contribution >= 4 is 22.6 Å². The summed E-state index contributed by atoms with van der Waals surface area (Å²) >= 11 is 0. The summed E-state index contributed by atoms with van der Waals surface area (Å²) in [7, 11) is 0. The molecule has 2 aliphatic rings. The average molecular weight is 415 g/mol. The molecule has 0 radical (unpaired) electrons. The SMILES string of the molecule is NC1(Cc2cccc3[nH]ccc23)N=C(Nc2cc(C3CC3)[nH]n2)C=C(C(F)(F)F)N1. The molecule has 0 spiro atoms. The first-order valence-corrected chi connectivity index (χ1v) is 9.62. The third kappa shape index (κ3) is 3.65. The van der Waals surface area contributed by atoms with Gasteiger partial charge in [0.05, 0.1) is 0 Å². The van der Waals surface area contributed by atoms with Gasteiger partial charge in [-0.2, -0.15) is 18.3 Å². The molecule has 10 heteroatoms. The largest absolute Gasteiger partial charge is 0.431 e. The number of rotatable bonds is 4. The molecule has 3 aromatic rings. The number of anilines is 1. The predicted molar refractivity (Wildman–Crippen MR) is 108 cm³/mol. The Kier molecular flexibility index (Phi) is 4.14. The molecule has 2 aromatic heterocycles. The number of allylic oxidation sites excluding steroid dienone is 1. The molecule has 6 N–H and O–H groups in total. The van der Waals surface area contributed by atoms with Crippen LogP contribution >= 0.6 is 0 Å². The first-order valence-electron chi connectivity index (χ1n) is 9.62. The topological polar surface area (TPSA) is 107 Å². The molecule has 0 bridgehead atoms. The van der Waals surface area contributed by atoms with E-state index in [1.54, 1.807) is 12.3 Å². The van der Waals surface area contributed by atoms with Gasteiger partial charge < -0.3 is 15.6 Å². The number of alkyl halides is 3. The lowest BCUT2D eigenvalue weighted by atomic mass is 10.0. The Morgan fingerprint density at radius 1 is 1.23 bits per heavy atom. The van der Waals surface area contributed by atoms with Crippen molar-refractivity contribution in [3.05, 3.63) is 59.6 Å². The Morgan fingerprint density at radius 3 is 2.83 bits per heavy atom. The van der Waals surface area contributed by atoms with Gasteiger partial charge in [0.15, 0.2) is 11.6 Å². The average Bonchev–Trinajstić information content (AvgIpc) is 3.21. The van der Waals surface area contributed by atoms with Crippen LogP contribution in [0.3, 0.4) is 0 Å². The third-order valence-electron chi connectivity index (χ3n) is 5.27. The number of halogens is 3. The van der Waals surface area contributed by atoms with Crippen molar-refractivity contribution in [1.82, 2.24) is 20.5 Å². The molecule has 0 saturated heterocycles. The van der Waals surface area contributed by atoms with Crippen LogP contribution in [0.4, 0.5) is 19.0 Å². The first-order chi connectivity index (χ1) is 14.3. The lowest BCUT2D eigenvalue weighted by Gasteiger charge is -2.33. The number of hydrogen-bond donors (Lipinski definition) is 5. The summed E-state index contributed by atoms with van der Waals surface area (Å²) in [6.45, 7) is 0. The van der Waals surface area contributed by atoms with Gasteiger partial charge >= 0.3 is 6.18 Å². The smallest absolute Gasteiger partial charge is 0.361 e. The molecule has 1 fully saturated rings. The number of fused-ring (bicyclic) bond motifs is 1. The molecule has 1 aliphatic heterocycles. The second-order valence-corrected chi connectivity index (χ2v) is 7.74. The standard InChI is InChI=1S/C20H20F3N7/c21-20(22,23)16-9-17(26-18-8-15(29-30-18)11-4-5-11)28-19(24,27-16)10-12-2-1-3-14-13(12)6-7-25-14/h1-3,6-9,11,25,27H,4-5,10,24H2,(H2,26,28,29,30). The number of aromatic nitrogens is 3. The first kappa shape index (κ1) is 18.7. The lowest BCUT2D eigenvalue weighted by molar-refractivity contribution is -0.0998. The van der Waals surface area contributed by atoms with Gasteiger partial charge in [0, 0.05) is 47.3 Å². The second kappa shape index (κ2) is 6.63. The molecule has 1 aromatic carbocycles. The van der Waals surface area contributed by atoms with Crippen molar-refractivity contribution in [2.75, 3.05) is 5.32 Å². The number of nitrogens with two attached hydrogens (primary N) is 1. The summed E-state index contributed by atoms with van der Waals surface area (Å²) in [5.74, 6) is -0.827. The van der Waals surface area contributed by atoms with E-state index < -0.39 is 17.7 Å². The van der Waals surface area contributed by atoms with Gasteiger partial charge in [-0.05, 0) is 30.5 Å². The van der Waals surface area contributed by atoms with E-state index in [1.165, 1.54) is 0 Å². The fraction of sp³-hybridized carbons (Fsp3) is 0.300. The van der Waals surface area contributed by atoms with Gasteiger partial charge in [-0.25, -0.2) is 4.99 Å². The summed E-state index contributed by atoms with van der Waals surface area (Å²) < 4.78 is 40.7. The molecular formula is C20H20F3N7. The summed E-state index contributed by atoms with van der Waals surface area (Å²) in [5, 5.41) is 13.2. The van der Waals surface area contributed by atoms with Crippen molar-refractivity contribution < 1.29 is 13.2 Å². The molecule has 156 valence electrons. The van der Waals surface area contributed by atoms with Crippen LogP contribution < -0.4 is 16.4 Å². The molecule has 1 saturated carbocycles. The Bertz CT molecular complexity index is 1150. The minimum Gasteiger partial charge on any atom is -0.361 e. The Morgan fingerprint density at radius 2 is 2.07 bits per heavy atom. The summed E-state index contributed by atoms with van der Waals surface area (Å²) in [4.78, 5) is 7.45. The van der Waals surface area contributed by atoms with Crippen LogP contribution in [0, 0.1) is 0 Å². The van der Waals surface area contributed by atoms with Crippen LogP contribution in [-0.4, -0.2) is 33.0 Å². The number of amidine groups is 1. The number of aromatic amines is 2. The molecule has 0 amide bonds. The maximum Gasteiger partial charge on any atom is 0.431 e. The van der Waals surface area contributed by atoms with E-state index in [2.05, 4.69) is 30.8 Å². The molecule has 5 rings (SSSR count). The summed E-state index contributed by atoms with van der Waals surface area (Å²) in [6, 6.07) is 9.21. The number of H-pyrrole nitrogens is 2. The minimum atomic E-state index is -4.60. The zero-order valence-electron chi connectivity index (χ0n) is 15.8. The zero-order chi connectivity index (χ0) is 20.9. The van der Waals surface area contributed by atoms with E-state index in [9.17, 15) is 13.2 Å². The molecule has 1 atom stereocenters. The van der Waals surface area contributed by atoms with E-state index in [0.717, 1.165) is 41.1 Å². The van der Waals surface area contributed by atoms with Crippen molar-refractivity contribution in [2.45, 2.75) is 37.1 Å². The van der Waals surface area contributed by atoms with Gasteiger partial charge in [0.25, 0.3) is 0 Å². The highest BCUT2D eigenvalue weighted by Gasteiger charge is 2.41. The van der Waals surface area contributed by atoms with Crippen LogP contribution in [0.15, 0.2) is 53.3 Å². The molecule has 7 nitrogen and oxygen atoms in total. The highest BCUT2D eigenvalue weighted by atomic mass is 19.4. The highest BCUT2D eigenvalue weighted by Crippen LogP contribution is 2.39. The number of benzene rings is 1. The molecular weight excluding hydrogens is 395 g/mol. The van der Waals surface area contributed by atoms with E-state index in [0.29, 0.717) is 11.7 Å². The highest BCUT2D eigenvalue weighted by molar-refractivity contribution is 6.04. The maximum atomic E-state index is 13.6. The van der Waals surface area contributed by atoms with Crippen LogP contribution in [-0.2, 0) is 6.42 Å². The maximum absolute atomic E-state index is 13.6. The third-order valence-corrected chi connectivity index (χ3v) is 5.27. The number of nitrogens with zero attached hydrogens (tertiary/aromatic N) is 2. The Labute approximate surface area is 169 Å². The van der Waals surface area contributed by atoms with Crippen LogP contribution in [0.2, 0.25) is 0 Å². The van der Waals surface area contributed by atoms with Crippen LogP contribution in [0.5, 0.6) is 0 Å². The van der Waals surface area contributed by atoms with E-state index >= 15 is 0 Å². The van der Waals surface area contributed by atoms with Crippen molar-refractivity contribution in [3.63, 3.8) is 0 Å². The number of hydrogen-bond acceptors (Lipinski definition) is 5. The predicted octanol–water partition coefficient (Wildman–Crippen LogP) is 3.48. The lowest BCUT2D eigenvalue weighted by Crippen LogP contribution is -2.57. The van der Waals surface area contributed by atoms with Gasteiger partial charge in [0.1, 0.15) is 11.5 Å². The van der Waals surface area contributed by atoms with Gasteiger partial charge in [-0.1, -0.05) is 12.1 Å². The molecule has 3 heterocycles. The Hall–Kier alpha value is -3.27. The molecule has 1 unspecified atom stereocenters. The van der Waals surface area contributed by atoms with E-state index in [-0.39, 0.29) is 12.3 Å². The normalized spacial score (nSPS) is 21.9. The molecule has 1 aliphatic carbocycles. The number of aliphatic imine (C=N–C) groups is 1. The summed E-state index contributed by atoms with van der Waals surface area (Å²) in [5.41, 5.74) is 8.00. The van der Waals surface area contributed by atoms with Crippen LogP contribution in [0.25, 0.3) is 10.9 Å². The van der Waals surface area contributed by atoms with Crippen molar-refractivity contribution in [1.29, 1.82) is 0 Å². The van der Waals surface area contributed by atoms with Gasteiger partial charge in [-0.15, -0.1) is 0 Å². The van der Waals surface area contributed by atoms with Crippen LogP contribution in [0.1, 0.15) is 30.0 Å². The molecule has 30 heavy (non-hydrogen) atoms. The fourth-order valence-corrected chi connectivity index (χ4v) is 3.71. The monoisotopic (exact) mass is 415 g/mol. The second-order valence-electron chi connectivity index (χ2n) is 7.74. The van der Waals surface area contributed by atoms with E-state index in [4.69, 9.17) is 5.73 Å². The fourth-order valence-electron chi connectivity index (χ4n) is 3.71. The minimum absolute atomic E-state index is 0.00124. The summed E-state index contributed by atoms with van der Waals surface area (Å²) in [6.07, 6.45) is 0.320. The quantitative estimate of drug-likeness (QED) is 0.450. The Balaban J connectivity index is 1.47. The van der Waals surface area contributed by atoms with Crippen molar-refractivity contribution in [3.8, 4) is 0 Å².